The van der Waals surface area contributed by atoms with Gasteiger partial charge in [0.1, 0.15) is 5.82 Å². The van der Waals surface area contributed by atoms with Gasteiger partial charge in [0, 0.05) is 23.4 Å². The summed E-state index contributed by atoms with van der Waals surface area (Å²) in [5.74, 6) is 1.55. The van der Waals surface area contributed by atoms with E-state index in [1.54, 1.807) is 12.4 Å². The van der Waals surface area contributed by atoms with Crippen molar-refractivity contribution in [2.75, 3.05) is 5.73 Å². The second kappa shape index (κ2) is 4.33. The molecule has 94 valence electrons. The fourth-order valence-corrected chi connectivity index (χ4v) is 1.57. The summed E-state index contributed by atoms with van der Waals surface area (Å²) in [7, 11) is 0. The molecule has 0 atom stereocenters. The Morgan fingerprint density at radius 1 is 1.11 bits per heavy atom. The molecule has 0 bridgehead atoms. The van der Waals surface area contributed by atoms with E-state index in [9.17, 15) is 0 Å². The first-order valence-electron chi connectivity index (χ1n) is 5.81. The van der Waals surface area contributed by atoms with Crippen molar-refractivity contribution in [3.05, 3.63) is 29.8 Å². The van der Waals surface area contributed by atoms with E-state index < -0.39 is 0 Å². The first kappa shape index (κ1) is 12.4. The van der Waals surface area contributed by atoms with Crippen LogP contribution in [0.1, 0.15) is 32.2 Å². The minimum Gasteiger partial charge on any atom is -0.368 e. The van der Waals surface area contributed by atoms with Gasteiger partial charge in [0.25, 0.3) is 0 Å². The highest BCUT2D eigenvalue weighted by atomic mass is 15.1. The second-order valence-electron chi connectivity index (χ2n) is 5.28. The van der Waals surface area contributed by atoms with Crippen LogP contribution in [0, 0.1) is 6.92 Å². The number of rotatable bonds is 1. The van der Waals surface area contributed by atoms with Gasteiger partial charge in [0.15, 0.2) is 5.82 Å². The Morgan fingerprint density at radius 2 is 1.83 bits per heavy atom. The summed E-state index contributed by atoms with van der Waals surface area (Å²) < 4.78 is 0. The van der Waals surface area contributed by atoms with Crippen LogP contribution in [0.25, 0.3) is 11.4 Å². The average Bonchev–Trinajstić information content (AvgIpc) is 2.27. The first-order chi connectivity index (χ1) is 8.38. The summed E-state index contributed by atoms with van der Waals surface area (Å²) >= 11 is 0. The molecule has 2 aromatic heterocycles. The molecule has 0 saturated heterocycles. The predicted octanol–water partition coefficient (Wildman–Crippen LogP) is 2.12. The van der Waals surface area contributed by atoms with Gasteiger partial charge in [-0.1, -0.05) is 20.8 Å². The highest BCUT2D eigenvalue weighted by molar-refractivity contribution is 5.59. The Kier molecular flexibility index (Phi) is 2.98. The lowest BCUT2D eigenvalue weighted by Gasteiger charge is -2.17. The third-order valence-corrected chi connectivity index (χ3v) is 2.58. The molecule has 0 radical (unpaired) electrons. The highest BCUT2D eigenvalue weighted by Crippen LogP contribution is 2.23. The van der Waals surface area contributed by atoms with Gasteiger partial charge < -0.3 is 5.73 Å². The normalized spacial score (nSPS) is 11.6. The Hall–Kier alpha value is -2.04. The summed E-state index contributed by atoms with van der Waals surface area (Å²) in [5, 5.41) is 0. The van der Waals surface area contributed by atoms with Crippen molar-refractivity contribution in [3.63, 3.8) is 0 Å². The van der Waals surface area contributed by atoms with Crippen LogP contribution in [-0.2, 0) is 5.41 Å². The summed E-state index contributed by atoms with van der Waals surface area (Å²) in [4.78, 5) is 17.0. The van der Waals surface area contributed by atoms with Gasteiger partial charge >= 0.3 is 0 Å². The van der Waals surface area contributed by atoms with Gasteiger partial charge in [0.2, 0.25) is 5.95 Å². The number of nitrogens with two attached hydrogens (primary N) is 1. The molecule has 0 aliphatic carbocycles. The summed E-state index contributed by atoms with van der Waals surface area (Å²) in [6, 6.07) is 1.89. The van der Waals surface area contributed by atoms with E-state index in [-0.39, 0.29) is 11.4 Å². The van der Waals surface area contributed by atoms with Crippen molar-refractivity contribution in [1.82, 2.24) is 19.9 Å². The number of pyridine rings is 1. The third kappa shape index (κ3) is 2.45. The predicted molar refractivity (Wildman–Crippen MR) is 70.9 cm³/mol. The molecular weight excluding hydrogens is 226 g/mol. The van der Waals surface area contributed by atoms with Crippen molar-refractivity contribution in [2.24, 2.45) is 0 Å². The highest BCUT2D eigenvalue weighted by Gasteiger charge is 2.20. The first-order valence-corrected chi connectivity index (χ1v) is 5.81. The molecule has 0 fully saturated rings. The minimum absolute atomic E-state index is 0.160. The van der Waals surface area contributed by atoms with Crippen LogP contribution < -0.4 is 5.73 Å². The molecule has 18 heavy (non-hydrogen) atoms. The number of aryl methyl sites for hydroxylation is 1. The van der Waals surface area contributed by atoms with E-state index >= 15 is 0 Å². The van der Waals surface area contributed by atoms with Crippen LogP contribution in [0.5, 0.6) is 0 Å². The Balaban J connectivity index is 2.60. The fourth-order valence-electron chi connectivity index (χ4n) is 1.57. The molecule has 0 aliphatic rings. The van der Waals surface area contributed by atoms with Gasteiger partial charge in [-0.2, -0.15) is 9.97 Å². The maximum absolute atomic E-state index is 5.77. The Bertz CT molecular complexity index is 572. The smallest absolute Gasteiger partial charge is 0.223 e. The van der Waals surface area contributed by atoms with E-state index in [1.165, 1.54) is 0 Å². The monoisotopic (exact) mass is 243 g/mol. The number of hydrogen-bond donors (Lipinski definition) is 1. The van der Waals surface area contributed by atoms with E-state index in [2.05, 4.69) is 19.9 Å². The lowest BCUT2D eigenvalue weighted by atomic mass is 9.96. The number of nitrogens with zero attached hydrogens (tertiary/aromatic N) is 4. The van der Waals surface area contributed by atoms with Crippen LogP contribution in [-0.4, -0.2) is 19.9 Å². The number of aromatic nitrogens is 4. The van der Waals surface area contributed by atoms with Crippen LogP contribution in [0.2, 0.25) is 0 Å². The SMILES string of the molecule is Cc1cnccc1-c1nc(N)nc(C(C)(C)C)n1. The van der Waals surface area contributed by atoms with Gasteiger partial charge in [-0.3, -0.25) is 4.98 Å². The molecule has 2 N–H and O–H groups in total. The largest absolute Gasteiger partial charge is 0.368 e. The Labute approximate surface area is 107 Å². The topological polar surface area (TPSA) is 77.6 Å². The van der Waals surface area contributed by atoms with Crippen LogP contribution in [0.3, 0.4) is 0 Å². The molecule has 0 amide bonds. The van der Waals surface area contributed by atoms with E-state index in [1.807, 2.05) is 33.8 Å². The van der Waals surface area contributed by atoms with Crippen molar-refractivity contribution >= 4 is 5.95 Å². The van der Waals surface area contributed by atoms with Gasteiger partial charge in [-0.25, -0.2) is 4.98 Å². The van der Waals surface area contributed by atoms with E-state index in [0.717, 1.165) is 11.1 Å². The molecule has 0 aromatic carbocycles. The quantitative estimate of drug-likeness (QED) is 0.830. The summed E-state index contributed by atoms with van der Waals surface area (Å²) in [6.07, 6.45) is 3.51. The molecule has 5 nitrogen and oxygen atoms in total. The number of hydrogen-bond acceptors (Lipinski definition) is 5. The van der Waals surface area contributed by atoms with Crippen molar-refractivity contribution in [1.29, 1.82) is 0 Å². The van der Waals surface area contributed by atoms with Crippen LogP contribution in [0.15, 0.2) is 18.5 Å². The molecule has 2 aromatic rings. The standard InChI is InChI=1S/C13H17N5/c1-8-7-15-6-5-9(8)10-16-11(13(2,3)4)18-12(14)17-10/h5-7H,1-4H3,(H2,14,16,17,18). The maximum Gasteiger partial charge on any atom is 0.223 e. The zero-order chi connectivity index (χ0) is 13.3. The number of anilines is 1. The summed E-state index contributed by atoms with van der Waals surface area (Å²) in [6.45, 7) is 8.11. The molecule has 0 spiro atoms. The molecule has 0 aliphatic heterocycles. The zero-order valence-corrected chi connectivity index (χ0v) is 11.1. The van der Waals surface area contributed by atoms with Crippen molar-refractivity contribution < 1.29 is 0 Å². The van der Waals surface area contributed by atoms with Gasteiger partial charge in [-0.05, 0) is 18.6 Å². The zero-order valence-electron chi connectivity index (χ0n) is 11.1. The third-order valence-electron chi connectivity index (χ3n) is 2.58. The van der Waals surface area contributed by atoms with Gasteiger partial charge in [0.05, 0.1) is 0 Å². The fraction of sp³-hybridized carbons (Fsp3) is 0.385. The van der Waals surface area contributed by atoms with Crippen LogP contribution >= 0.6 is 0 Å². The van der Waals surface area contributed by atoms with Crippen molar-refractivity contribution in [2.45, 2.75) is 33.1 Å². The molecule has 2 rings (SSSR count). The molecule has 5 heteroatoms. The van der Waals surface area contributed by atoms with Crippen LogP contribution in [0.4, 0.5) is 5.95 Å². The van der Waals surface area contributed by atoms with Gasteiger partial charge in [-0.15, -0.1) is 0 Å². The van der Waals surface area contributed by atoms with E-state index in [4.69, 9.17) is 5.73 Å². The maximum atomic E-state index is 5.77. The molecular formula is C13H17N5. The molecule has 0 unspecified atom stereocenters. The second-order valence-corrected chi connectivity index (χ2v) is 5.28. The van der Waals surface area contributed by atoms with E-state index in [0.29, 0.717) is 11.6 Å². The van der Waals surface area contributed by atoms with Crippen molar-refractivity contribution in [3.8, 4) is 11.4 Å². The lowest BCUT2D eigenvalue weighted by Crippen LogP contribution is -2.18. The minimum atomic E-state index is -0.160. The number of nitrogen functional groups attached to an aromatic ring is 1. The molecule has 0 saturated carbocycles. The molecule has 2 heterocycles. The lowest BCUT2D eigenvalue weighted by molar-refractivity contribution is 0.544. The average molecular weight is 243 g/mol. The Morgan fingerprint density at radius 3 is 2.44 bits per heavy atom. The summed E-state index contributed by atoms with van der Waals surface area (Å²) in [5.41, 5.74) is 7.56.